The maximum Gasteiger partial charge on any atom is 0.191 e. The van der Waals surface area contributed by atoms with Gasteiger partial charge in [0.05, 0.1) is 6.21 Å². The Labute approximate surface area is 155 Å². The fourth-order valence-electron chi connectivity index (χ4n) is 2.56. The van der Waals surface area contributed by atoms with Crippen LogP contribution in [-0.4, -0.2) is 24.4 Å². The third-order valence-electron chi connectivity index (χ3n) is 3.79. The summed E-state index contributed by atoms with van der Waals surface area (Å²) in [5.41, 5.74) is 7.25. The topological polar surface area (TPSA) is 39.7 Å². The molecule has 0 spiro atoms. The number of hydrogen-bond acceptors (Lipinski definition) is 3. The molecule has 0 bridgehead atoms. The van der Waals surface area contributed by atoms with Crippen molar-refractivity contribution in [3.8, 4) is 0 Å². The van der Waals surface area contributed by atoms with Crippen molar-refractivity contribution in [3.63, 3.8) is 0 Å². The molecular weight excluding hydrogens is 328 g/mol. The lowest BCUT2D eigenvalue weighted by atomic mass is 10.2. The summed E-state index contributed by atoms with van der Waals surface area (Å²) >= 11 is 5.25. The van der Waals surface area contributed by atoms with Crippen LogP contribution in [0.15, 0.2) is 53.6 Å². The molecule has 0 saturated carbocycles. The number of hydrazone groups is 1. The Morgan fingerprint density at radius 1 is 1.16 bits per heavy atom. The van der Waals surface area contributed by atoms with E-state index >= 15 is 0 Å². The van der Waals surface area contributed by atoms with Gasteiger partial charge in [0.2, 0.25) is 0 Å². The number of aryl methyl sites for hydroxylation is 1. The highest BCUT2D eigenvalue weighted by Gasteiger charge is 2.02. The molecule has 0 aromatic heterocycles. The predicted octanol–water partition coefficient (Wildman–Crippen LogP) is 4.55. The molecule has 0 saturated heterocycles. The summed E-state index contributed by atoms with van der Waals surface area (Å²) in [4.78, 5) is 2.36. The Kier molecular flexibility index (Phi) is 7.41. The Hall–Kier alpha value is -2.40. The van der Waals surface area contributed by atoms with Gasteiger partial charge in [-0.2, -0.15) is 5.10 Å². The van der Waals surface area contributed by atoms with Gasteiger partial charge in [-0.05, 0) is 67.9 Å². The summed E-state index contributed by atoms with van der Waals surface area (Å²) in [5, 5.41) is 7.78. The van der Waals surface area contributed by atoms with E-state index in [4.69, 9.17) is 12.2 Å². The van der Waals surface area contributed by atoms with Gasteiger partial charge in [0.15, 0.2) is 5.11 Å². The molecule has 2 aromatic carbocycles. The van der Waals surface area contributed by atoms with Gasteiger partial charge in [-0.3, -0.25) is 5.43 Å². The summed E-state index contributed by atoms with van der Waals surface area (Å²) in [7, 11) is 0. The van der Waals surface area contributed by atoms with Crippen molar-refractivity contribution in [1.29, 1.82) is 0 Å². The average Bonchev–Trinajstić information content (AvgIpc) is 2.60. The average molecular weight is 355 g/mol. The van der Waals surface area contributed by atoms with Crippen molar-refractivity contribution in [3.05, 3.63) is 59.7 Å². The second kappa shape index (κ2) is 9.79. The molecule has 0 aliphatic heterocycles. The van der Waals surface area contributed by atoms with Crippen LogP contribution in [0.3, 0.4) is 0 Å². The van der Waals surface area contributed by atoms with Crippen molar-refractivity contribution >= 4 is 34.9 Å². The molecule has 2 N–H and O–H groups in total. The van der Waals surface area contributed by atoms with Crippen molar-refractivity contribution in [2.45, 2.75) is 27.2 Å². The van der Waals surface area contributed by atoms with Gasteiger partial charge < -0.3 is 10.2 Å². The molecule has 0 radical (unpaired) electrons. The summed E-state index contributed by atoms with van der Waals surface area (Å²) in [6, 6.07) is 16.4. The quantitative estimate of drug-likeness (QED) is 0.435. The molecule has 25 heavy (non-hydrogen) atoms. The normalized spacial score (nSPS) is 10.7. The lowest BCUT2D eigenvalue weighted by Crippen LogP contribution is -2.24. The van der Waals surface area contributed by atoms with Crippen LogP contribution in [0.2, 0.25) is 0 Å². The molecule has 0 unspecified atom stereocenters. The van der Waals surface area contributed by atoms with E-state index in [0.717, 1.165) is 30.8 Å². The molecule has 5 heteroatoms. The lowest BCUT2D eigenvalue weighted by Gasteiger charge is -2.22. The fourth-order valence-corrected chi connectivity index (χ4v) is 2.73. The van der Waals surface area contributed by atoms with Crippen LogP contribution in [0.25, 0.3) is 0 Å². The minimum absolute atomic E-state index is 0.471. The number of hydrogen-bond donors (Lipinski definition) is 2. The number of rotatable bonds is 7. The number of benzene rings is 2. The van der Waals surface area contributed by atoms with Gasteiger partial charge >= 0.3 is 0 Å². The molecule has 0 aliphatic carbocycles. The monoisotopic (exact) mass is 354 g/mol. The number of thiocarbonyl (C=S) groups is 1. The number of nitrogens with zero attached hydrogens (tertiary/aromatic N) is 2. The highest BCUT2D eigenvalue weighted by atomic mass is 32.1. The van der Waals surface area contributed by atoms with Crippen molar-refractivity contribution in [1.82, 2.24) is 5.43 Å². The second-order valence-electron chi connectivity index (χ2n) is 5.86. The Morgan fingerprint density at radius 3 is 2.56 bits per heavy atom. The van der Waals surface area contributed by atoms with E-state index in [2.05, 4.69) is 58.9 Å². The van der Waals surface area contributed by atoms with E-state index in [0.29, 0.717) is 5.11 Å². The minimum Gasteiger partial charge on any atom is -0.372 e. The zero-order valence-electron chi connectivity index (χ0n) is 15.1. The van der Waals surface area contributed by atoms with E-state index < -0.39 is 0 Å². The van der Waals surface area contributed by atoms with Gasteiger partial charge in [-0.15, -0.1) is 0 Å². The highest BCUT2D eigenvalue weighted by Crippen LogP contribution is 2.14. The Balaban J connectivity index is 1.88. The van der Waals surface area contributed by atoms with Crippen LogP contribution < -0.4 is 15.6 Å². The minimum atomic E-state index is 0.471. The molecule has 0 atom stereocenters. The maximum atomic E-state index is 5.25. The standard InChI is InChI=1S/C20H26N4S/c1-4-13-24(5-2)19-11-9-17(10-12-19)15-21-23-20(25)22-18-8-6-7-16(3)14-18/h6-12,14-15H,4-5,13H2,1-3H3,(H2,22,23,25)/b21-15+. The summed E-state index contributed by atoms with van der Waals surface area (Å²) in [5.74, 6) is 0. The van der Waals surface area contributed by atoms with Gasteiger partial charge in [-0.1, -0.05) is 31.2 Å². The number of nitrogens with one attached hydrogen (secondary N) is 2. The van der Waals surface area contributed by atoms with E-state index in [9.17, 15) is 0 Å². The van der Waals surface area contributed by atoms with E-state index in [1.54, 1.807) is 6.21 Å². The molecule has 4 nitrogen and oxygen atoms in total. The largest absolute Gasteiger partial charge is 0.372 e. The van der Waals surface area contributed by atoms with Crippen LogP contribution in [0, 0.1) is 6.92 Å². The van der Waals surface area contributed by atoms with Crippen molar-refractivity contribution in [2.75, 3.05) is 23.3 Å². The molecule has 2 aromatic rings. The number of anilines is 2. The summed E-state index contributed by atoms with van der Waals surface area (Å²) in [6.07, 6.45) is 2.91. The highest BCUT2D eigenvalue weighted by molar-refractivity contribution is 7.80. The predicted molar refractivity (Wildman–Crippen MR) is 113 cm³/mol. The van der Waals surface area contributed by atoms with E-state index in [1.165, 1.54) is 11.3 Å². The molecule has 0 aliphatic rings. The third-order valence-corrected chi connectivity index (χ3v) is 3.98. The van der Waals surface area contributed by atoms with Gasteiger partial charge in [0.25, 0.3) is 0 Å². The van der Waals surface area contributed by atoms with Gasteiger partial charge in [-0.25, -0.2) is 0 Å². The summed E-state index contributed by atoms with van der Waals surface area (Å²) < 4.78 is 0. The molecular formula is C20H26N4S. The SMILES string of the molecule is CCCN(CC)c1ccc(/C=N/NC(=S)Nc2cccc(C)c2)cc1. The Morgan fingerprint density at radius 2 is 1.92 bits per heavy atom. The smallest absolute Gasteiger partial charge is 0.191 e. The lowest BCUT2D eigenvalue weighted by molar-refractivity contribution is 0.792. The second-order valence-corrected chi connectivity index (χ2v) is 6.27. The van der Waals surface area contributed by atoms with Crippen LogP contribution in [0.5, 0.6) is 0 Å². The first-order chi connectivity index (χ1) is 12.1. The van der Waals surface area contributed by atoms with Crippen molar-refractivity contribution in [2.24, 2.45) is 5.10 Å². The fraction of sp³-hybridized carbons (Fsp3) is 0.300. The molecule has 0 amide bonds. The maximum absolute atomic E-state index is 5.25. The first-order valence-corrected chi connectivity index (χ1v) is 9.05. The molecule has 0 fully saturated rings. The van der Waals surface area contributed by atoms with Gasteiger partial charge in [0, 0.05) is 24.5 Å². The first-order valence-electron chi connectivity index (χ1n) is 8.64. The zero-order chi connectivity index (χ0) is 18.1. The Bertz CT molecular complexity index is 710. The van der Waals surface area contributed by atoms with Crippen molar-refractivity contribution < 1.29 is 0 Å². The third kappa shape index (κ3) is 6.19. The van der Waals surface area contributed by atoms with Crippen LogP contribution in [-0.2, 0) is 0 Å². The van der Waals surface area contributed by atoms with E-state index in [1.807, 2.05) is 31.2 Å². The van der Waals surface area contributed by atoms with Crippen LogP contribution in [0.4, 0.5) is 11.4 Å². The van der Waals surface area contributed by atoms with Gasteiger partial charge in [0.1, 0.15) is 0 Å². The zero-order valence-corrected chi connectivity index (χ0v) is 15.9. The van der Waals surface area contributed by atoms with E-state index in [-0.39, 0.29) is 0 Å². The van der Waals surface area contributed by atoms with Crippen LogP contribution in [0.1, 0.15) is 31.4 Å². The molecule has 2 rings (SSSR count). The first kappa shape index (κ1) is 18.9. The summed E-state index contributed by atoms with van der Waals surface area (Å²) in [6.45, 7) is 8.51. The van der Waals surface area contributed by atoms with Crippen LogP contribution >= 0.6 is 12.2 Å². The molecule has 0 heterocycles. The molecule has 132 valence electrons.